The van der Waals surface area contributed by atoms with Crippen molar-refractivity contribution in [3.63, 3.8) is 0 Å². The van der Waals surface area contributed by atoms with Gasteiger partial charge in [-0.05, 0) is 90.7 Å². The molecule has 15 heteroatoms. The van der Waals surface area contributed by atoms with E-state index < -0.39 is 72.0 Å². The normalized spacial score (nSPS) is 23.0. The molecule has 8 nitrogen and oxygen atoms in total. The number of rotatable bonds is 8. The first-order valence-electron chi connectivity index (χ1n) is 15.8. The Kier molecular flexibility index (Phi) is 9.68. The molecule has 1 aromatic heterocycles. The van der Waals surface area contributed by atoms with Crippen LogP contribution in [0.5, 0.6) is 5.75 Å². The quantitative estimate of drug-likeness (QED) is 0.115. The van der Waals surface area contributed by atoms with E-state index in [1.54, 1.807) is 54.7 Å². The number of hydrogen-bond acceptors (Lipinski definition) is 7. The number of phenols is 1. The van der Waals surface area contributed by atoms with E-state index in [1.165, 1.54) is 7.11 Å². The molecule has 6 rings (SSSR count). The Balaban J connectivity index is 1.36. The molecule has 3 heterocycles. The smallest absolute Gasteiger partial charge is 0.455 e. The second-order valence-electron chi connectivity index (χ2n) is 12.5. The highest BCUT2D eigenvalue weighted by Crippen LogP contribution is 2.52. The van der Waals surface area contributed by atoms with E-state index in [2.05, 4.69) is 4.98 Å². The number of aromatic hydroxyl groups is 1. The van der Waals surface area contributed by atoms with Gasteiger partial charge in [0.1, 0.15) is 5.75 Å². The summed E-state index contributed by atoms with van der Waals surface area (Å²) in [6, 6.07) is 12.7. The molecule has 262 valence electrons. The minimum absolute atomic E-state index is 0.00901. The molecule has 0 radical (unpaired) electrons. The number of amides is 2. The molecule has 0 saturated carbocycles. The van der Waals surface area contributed by atoms with Crippen LogP contribution in [0.3, 0.4) is 0 Å². The third kappa shape index (κ3) is 6.94. The minimum atomic E-state index is -5.19. The highest BCUT2D eigenvalue weighted by Gasteiger charge is 2.58. The highest BCUT2D eigenvalue weighted by atomic mass is 19.4. The molecule has 4 atom stereocenters. The number of carbonyl (C=O) groups is 2. The number of aromatic nitrogens is 1. The molecule has 2 fully saturated rings. The monoisotopic (exact) mass is 700 g/mol. The van der Waals surface area contributed by atoms with Crippen molar-refractivity contribution in [2.45, 2.75) is 44.0 Å². The fraction of sp³-hybridized carbons (Fsp3) is 0.343. The van der Waals surface area contributed by atoms with Crippen molar-refractivity contribution in [1.82, 2.24) is 4.98 Å². The lowest BCUT2D eigenvalue weighted by molar-refractivity contribution is -0.143. The molecule has 0 bridgehead atoms. The lowest BCUT2D eigenvalue weighted by atomic mass is 9.58. The van der Waals surface area contributed by atoms with Gasteiger partial charge in [0.05, 0.1) is 47.1 Å². The predicted molar refractivity (Wildman–Crippen MR) is 170 cm³/mol. The first-order chi connectivity index (χ1) is 23.7. The van der Waals surface area contributed by atoms with Crippen LogP contribution in [0.2, 0.25) is 6.32 Å². The Bertz CT molecular complexity index is 1810. The van der Waals surface area contributed by atoms with Crippen LogP contribution in [0, 0.1) is 17.8 Å². The van der Waals surface area contributed by atoms with E-state index in [4.69, 9.17) is 9.39 Å². The summed E-state index contributed by atoms with van der Waals surface area (Å²) >= 11 is 0. The average molecular weight is 700 g/mol. The van der Waals surface area contributed by atoms with E-state index in [0.717, 1.165) is 5.57 Å². The summed E-state index contributed by atoms with van der Waals surface area (Å²) in [7, 11) is 0.0326. The van der Waals surface area contributed by atoms with Crippen LogP contribution in [-0.2, 0) is 31.3 Å². The number of benzene rings is 2. The number of phenolic OH excluding ortho intramolecular Hbond substituents is 1. The van der Waals surface area contributed by atoms with Crippen LogP contribution >= 0.6 is 0 Å². The zero-order chi connectivity index (χ0) is 36.0. The number of para-hydroxylation sites is 1. The molecule has 3 aliphatic rings. The fourth-order valence-corrected chi connectivity index (χ4v) is 7.30. The maximum atomic E-state index is 14.0. The van der Waals surface area contributed by atoms with Crippen molar-refractivity contribution in [3.8, 4) is 5.75 Å². The number of allylic oxidation sites excluding steroid dienone is 1. The van der Waals surface area contributed by atoms with E-state index in [9.17, 15) is 46.1 Å². The second-order valence-corrected chi connectivity index (χ2v) is 12.5. The Morgan fingerprint density at radius 2 is 1.68 bits per heavy atom. The number of ether oxygens (including phenoxy) is 1. The number of anilines is 1. The lowest BCUT2D eigenvalue weighted by Crippen LogP contribution is -2.46. The van der Waals surface area contributed by atoms with Gasteiger partial charge in [-0.1, -0.05) is 24.3 Å². The zero-order valence-corrected chi connectivity index (χ0v) is 26.5. The third-order valence-electron chi connectivity index (χ3n) is 9.39. The molecule has 2 aliphatic heterocycles. The number of imide groups is 1. The molecule has 2 amide bonds. The number of nitrogens with zero attached hydrogens (tertiary/aromatic N) is 2. The number of fused-ring (bicyclic) bond motifs is 3. The Hall–Kier alpha value is -4.47. The number of halogens is 6. The number of hydrogen-bond donors (Lipinski definition) is 2. The fourth-order valence-electron chi connectivity index (χ4n) is 7.30. The minimum Gasteiger partial charge on any atom is -0.507 e. The molecular weight excluding hydrogens is 669 g/mol. The number of pyridine rings is 1. The molecule has 2 saturated heterocycles. The summed E-state index contributed by atoms with van der Waals surface area (Å²) in [4.78, 5) is 32.7. The van der Waals surface area contributed by atoms with Crippen LogP contribution in [0.4, 0.5) is 32.0 Å². The number of methoxy groups -OCH3 is 1. The van der Waals surface area contributed by atoms with E-state index in [0.29, 0.717) is 45.9 Å². The van der Waals surface area contributed by atoms with Gasteiger partial charge < -0.3 is 19.5 Å². The first kappa shape index (κ1) is 35.4. The van der Waals surface area contributed by atoms with Gasteiger partial charge in [0.2, 0.25) is 11.8 Å². The number of carbonyl (C=O) groups excluding carboxylic acids is 2. The topological polar surface area (TPSA) is 109 Å². The van der Waals surface area contributed by atoms with Gasteiger partial charge in [0, 0.05) is 18.9 Å². The Morgan fingerprint density at radius 1 is 1.00 bits per heavy atom. The molecule has 2 N–H and O–H groups in total. The van der Waals surface area contributed by atoms with Crippen molar-refractivity contribution >= 4 is 36.3 Å². The lowest BCUT2D eigenvalue weighted by Gasteiger charge is -2.43. The van der Waals surface area contributed by atoms with Crippen LogP contribution < -0.4 is 4.90 Å². The molecule has 50 heavy (non-hydrogen) atoms. The summed E-state index contributed by atoms with van der Waals surface area (Å²) in [6.07, 6.45) is -7.40. The van der Waals surface area contributed by atoms with Gasteiger partial charge in [0.25, 0.3) is 0 Å². The van der Waals surface area contributed by atoms with Gasteiger partial charge in [0.15, 0.2) is 0 Å². The van der Waals surface area contributed by atoms with Crippen LogP contribution in [0.25, 0.3) is 11.6 Å². The van der Waals surface area contributed by atoms with Gasteiger partial charge in [-0.25, -0.2) is 4.90 Å². The molecule has 0 unspecified atom stereocenters. The van der Waals surface area contributed by atoms with Crippen LogP contribution in [-0.4, -0.2) is 53.9 Å². The summed E-state index contributed by atoms with van der Waals surface area (Å²) in [5, 5.41) is 21.3. The van der Waals surface area contributed by atoms with Gasteiger partial charge in [-0.15, -0.1) is 0 Å². The Labute approximate surface area is 283 Å². The van der Waals surface area contributed by atoms with Gasteiger partial charge >= 0.3 is 19.5 Å². The predicted octanol–water partition coefficient (Wildman–Crippen LogP) is 6.79. The maximum Gasteiger partial charge on any atom is 0.455 e. The van der Waals surface area contributed by atoms with Crippen molar-refractivity contribution < 1.29 is 55.5 Å². The average Bonchev–Trinajstić information content (AvgIpc) is 3.31. The SMILES string of the molecule is COCC1=C2[C@@H](CC/C(=C/c3ccccc3O)c3ccccn3)OB(O)C[C@@H]2[C@@H]2C(=O)N(c3cc(C(F)(F)F)cc(C(F)(F)F)c3)C(=O)[C@@H]2C1. The zero-order valence-electron chi connectivity index (χ0n) is 26.5. The summed E-state index contributed by atoms with van der Waals surface area (Å²) < 4.78 is 93.6. The summed E-state index contributed by atoms with van der Waals surface area (Å²) in [6.45, 7) is 0.00901. The maximum absolute atomic E-state index is 14.0. The van der Waals surface area contributed by atoms with Crippen molar-refractivity contribution in [2.24, 2.45) is 17.8 Å². The molecule has 2 aromatic carbocycles. The Morgan fingerprint density at radius 3 is 2.30 bits per heavy atom. The van der Waals surface area contributed by atoms with E-state index in [1.807, 2.05) is 0 Å². The van der Waals surface area contributed by atoms with E-state index >= 15 is 0 Å². The van der Waals surface area contributed by atoms with Crippen molar-refractivity contribution in [2.75, 3.05) is 18.6 Å². The van der Waals surface area contributed by atoms with Gasteiger partial charge in [-0.2, -0.15) is 26.3 Å². The van der Waals surface area contributed by atoms with Crippen LogP contribution in [0.15, 0.2) is 78.0 Å². The standard InChI is InChI=1S/C35H31BF6N2O6/c1-49-18-21-13-25-31(33(47)44(32(25)46)24-15-22(34(37,38)39)14-23(16-24)35(40,41)42)26-17-36(48)50-29(30(21)26)10-9-19(27-7-4-5-11-43-27)12-20-6-2-3-8-28(20)45/h2-8,11-12,14-16,25-26,29,31,45,48H,9-10,13,17-18H2,1H3/b19-12-/t25-,26+,29-,31-/m1/s1. The first-order valence-corrected chi connectivity index (χ1v) is 15.8. The third-order valence-corrected chi connectivity index (χ3v) is 9.39. The highest BCUT2D eigenvalue weighted by molar-refractivity contribution is 6.43. The second kappa shape index (κ2) is 13.7. The molecule has 1 aliphatic carbocycles. The number of alkyl halides is 6. The molecule has 3 aromatic rings. The molecule has 0 spiro atoms. The van der Waals surface area contributed by atoms with E-state index in [-0.39, 0.29) is 37.6 Å². The summed E-state index contributed by atoms with van der Waals surface area (Å²) in [5.74, 6) is -4.93. The summed E-state index contributed by atoms with van der Waals surface area (Å²) in [5.41, 5.74) is -1.06. The van der Waals surface area contributed by atoms with Crippen LogP contribution in [0.1, 0.15) is 41.6 Å². The van der Waals surface area contributed by atoms with Crippen molar-refractivity contribution in [3.05, 3.63) is 100 Å². The largest absolute Gasteiger partial charge is 0.507 e. The van der Waals surface area contributed by atoms with Gasteiger partial charge in [-0.3, -0.25) is 14.6 Å². The van der Waals surface area contributed by atoms with Crippen molar-refractivity contribution in [1.29, 1.82) is 0 Å². The molecular formula is C35H31BF6N2O6.